The van der Waals surface area contributed by atoms with Gasteiger partial charge in [0, 0.05) is 12.1 Å². The summed E-state index contributed by atoms with van der Waals surface area (Å²) in [7, 11) is 0. The second-order valence-corrected chi connectivity index (χ2v) is 5.88. The molecule has 2 rings (SSSR count). The highest BCUT2D eigenvalue weighted by Gasteiger charge is 2.13. The number of hydrogen-bond acceptors (Lipinski definition) is 3. The van der Waals surface area contributed by atoms with Gasteiger partial charge in [-0.05, 0) is 44.0 Å². The molecule has 1 amide bonds. The number of Topliss-reactive ketones (excluding diaryl/α,β-unsaturated/α-hetero) is 1. The first-order chi connectivity index (χ1) is 11.4. The maximum Gasteiger partial charge on any atom is 0.262 e. The number of aryl methyl sites for hydroxylation is 3. The number of carbonyl (C=O) groups is 2. The Hall–Kier alpha value is -2.62. The Bertz CT molecular complexity index is 745. The molecule has 2 aromatic carbocycles. The first-order valence-electron chi connectivity index (χ1n) is 8.05. The van der Waals surface area contributed by atoms with Gasteiger partial charge in [0.1, 0.15) is 5.75 Å². The Morgan fingerprint density at radius 2 is 1.71 bits per heavy atom. The average Bonchev–Trinajstić information content (AvgIpc) is 2.56. The quantitative estimate of drug-likeness (QED) is 0.809. The highest BCUT2D eigenvalue weighted by atomic mass is 16.5. The van der Waals surface area contributed by atoms with Crippen LogP contribution in [0, 0.1) is 20.8 Å². The van der Waals surface area contributed by atoms with Gasteiger partial charge in [-0.1, -0.05) is 36.8 Å². The summed E-state index contributed by atoms with van der Waals surface area (Å²) in [6.45, 7) is 7.48. The number of carbonyl (C=O) groups excluding carboxylic acids is 2. The fourth-order valence-corrected chi connectivity index (χ4v) is 2.51. The molecule has 0 aromatic heterocycles. The van der Waals surface area contributed by atoms with Crippen LogP contribution in [-0.2, 0) is 4.79 Å². The summed E-state index contributed by atoms with van der Waals surface area (Å²) in [5.41, 5.74) is 4.32. The molecule has 4 heteroatoms. The predicted molar refractivity (Wildman–Crippen MR) is 95.8 cm³/mol. The SMILES string of the molecule is CCC(=O)c1cc(C)ccc1OCC(=O)Nc1c(C)cccc1C. The van der Waals surface area contributed by atoms with Crippen LogP contribution in [-0.4, -0.2) is 18.3 Å². The lowest BCUT2D eigenvalue weighted by molar-refractivity contribution is -0.118. The highest BCUT2D eigenvalue weighted by molar-refractivity contribution is 5.99. The van der Waals surface area contributed by atoms with Crippen molar-refractivity contribution in [3.8, 4) is 5.75 Å². The van der Waals surface area contributed by atoms with Crippen LogP contribution in [0.4, 0.5) is 5.69 Å². The van der Waals surface area contributed by atoms with Gasteiger partial charge in [0.25, 0.3) is 5.91 Å². The summed E-state index contributed by atoms with van der Waals surface area (Å²) in [5.74, 6) is 0.204. The minimum Gasteiger partial charge on any atom is -0.483 e. The van der Waals surface area contributed by atoms with E-state index in [1.165, 1.54) is 0 Å². The number of amides is 1. The third-order valence-electron chi connectivity index (χ3n) is 3.86. The standard InChI is InChI=1S/C20H23NO3/c1-5-17(22)16-11-13(2)9-10-18(16)24-12-19(23)21-20-14(3)7-6-8-15(20)4/h6-11H,5,12H2,1-4H3,(H,21,23). The lowest BCUT2D eigenvalue weighted by Crippen LogP contribution is -2.22. The van der Waals surface area contributed by atoms with Gasteiger partial charge in [-0.3, -0.25) is 9.59 Å². The second kappa shape index (κ2) is 7.77. The molecular formula is C20H23NO3. The summed E-state index contributed by atoms with van der Waals surface area (Å²) in [6.07, 6.45) is 0.397. The number of nitrogens with one attached hydrogen (secondary N) is 1. The Morgan fingerprint density at radius 1 is 1.04 bits per heavy atom. The fourth-order valence-electron chi connectivity index (χ4n) is 2.51. The molecule has 0 saturated carbocycles. The lowest BCUT2D eigenvalue weighted by atomic mass is 10.1. The van der Waals surface area contributed by atoms with E-state index in [9.17, 15) is 9.59 Å². The molecule has 4 nitrogen and oxygen atoms in total. The molecule has 2 aromatic rings. The van der Waals surface area contributed by atoms with E-state index in [-0.39, 0.29) is 18.3 Å². The zero-order chi connectivity index (χ0) is 17.7. The maximum absolute atomic E-state index is 12.2. The van der Waals surface area contributed by atoms with Gasteiger partial charge in [0.05, 0.1) is 5.56 Å². The second-order valence-electron chi connectivity index (χ2n) is 5.88. The number of para-hydroxylation sites is 1. The highest BCUT2D eigenvalue weighted by Crippen LogP contribution is 2.22. The van der Waals surface area contributed by atoms with E-state index in [2.05, 4.69) is 5.32 Å². The van der Waals surface area contributed by atoms with Crippen molar-refractivity contribution in [2.75, 3.05) is 11.9 Å². The lowest BCUT2D eigenvalue weighted by Gasteiger charge is -2.13. The van der Waals surface area contributed by atoms with Gasteiger partial charge in [-0.15, -0.1) is 0 Å². The predicted octanol–water partition coefficient (Wildman–Crippen LogP) is 4.22. The molecule has 24 heavy (non-hydrogen) atoms. The van der Waals surface area contributed by atoms with Crippen molar-refractivity contribution in [2.24, 2.45) is 0 Å². The fraction of sp³-hybridized carbons (Fsp3) is 0.300. The first-order valence-corrected chi connectivity index (χ1v) is 8.05. The van der Waals surface area contributed by atoms with Crippen molar-refractivity contribution in [3.05, 3.63) is 58.7 Å². The number of ketones is 1. The summed E-state index contributed by atoms with van der Waals surface area (Å²) >= 11 is 0. The number of ether oxygens (including phenoxy) is 1. The number of rotatable bonds is 6. The molecule has 0 saturated heterocycles. The summed E-state index contributed by atoms with van der Waals surface area (Å²) < 4.78 is 5.60. The normalized spacial score (nSPS) is 10.3. The zero-order valence-electron chi connectivity index (χ0n) is 14.6. The van der Waals surface area contributed by atoms with E-state index in [4.69, 9.17) is 4.74 Å². The van der Waals surface area contributed by atoms with E-state index in [0.29, 0.717) is 17.7 Å². The van der Waals surface area contributed by atoms with E-state index >= 15 is 0 Å². The molecule has 1 N–H and O–H groups in total. The molecular weight excluding hydrogens is 302 g/mol. The molecule has 0 bridgehead atoms. The van der Waals surface area contributed by atoms with Crippen LogP contribution in [0.15, 0.2) is 36.4 Å². The van der Waals surface area contributed by atoms with Gasteiger partial charge in [-0.25, -0.2) is 0 Å². The molecule has 0 heterocycles. The third kappa shape index (κ3) is 4.22. The van der Waals surface area contributed by atoms with Crippen LogP contribution >= 0.6 is 0 Å². The van der Waals surface area contributed by atoms with Crippen molar-refractivity contribution >= 4 is 17.4 Å². The van der Waals surface area contributed by atoms with Gasteiger partial charge in [0.2, 0.25) is 0 Å². The average molecular weight is 325 g/mol. The minimum atomic E-state index is -0.247. The van der Waals surface area contributed by atoms with Crippen LogP contribution in [0.2, 0.25) is 0 Å². The Labute approximate surface area is 142 Å². The van der Waals surface area contributed by atoms with Crippen molar-refractivity contribution in [2.45, 2.75) is 34.1 Å². The molecule has 0 aliphatic rings. The largest absolute Gasteiger partial charge is 0.483 e. The van der Waals surface area contributed by atoms with Crippen molar-refractivity contribution in [3.63, 3.8) is 0 Å². The van der Waals surface area contributed by atoms with E-state index in [0.717, 1.165) is 22.4 Å². The first kappa shape index (κ1) is 17.7. The summed E-state index contributed by atoms with van der Waals surface area (Å²) in [4.78, 5) is 24.2. The van der Waals surface area contributed by atoms with E-state index in [1.807, 2.05) is 52.0 Å². The summed E-state index contributed by atoms with van der Waals surface area (Å²) in [6, 6.07) is 11.2. The topological polar surface area (TPSA) is 55.4 Å². The van der Waals surface area contributed by atoms with Gasteiger partial charge in [0.15, 0.2) is 12.4 Å². The molecule has 0 aliphatic heterocycles. The zero-order valence-corrected chi connectivity index (χ0v) is 14.6. The van der Waals surface area contributed by atoms with Crippen molar-refractivity contribution in [1.29, 1.82) is 0 Å². The van der Waals surface area contributed by atoms with Crippen LogP contribution in [0.3, 0.4) is 0 Å². The molecule has 126 valence electrons. The Kier molecular flexibility index (Phi) is 5.74. The third-order valence-corrected chi connectivity index (χ3v) is 3.86. The van der Waals surface area contributed by atoms with Gasteiger partial charge in [-0.2, -0.15) is 0 Å². The maximum atomic E-state index is 12.2. The summed E-state index contributed by atoms with van der Waals surface area (Å²) in [5, 5.41) is 2.87. The van der Waals surface area contributed by atoms with Gasteiger partial charge >= 0.3 is 0 Å². The van der Waals surface area contributed by atoms with Crippen molar-refractivity contribution in [1.82, 2.24) is 0 Å². The molecule has 0 fully saturated rings. The van der Waals surface area contributed by atoms with E-state index < -0.39 is 0 Å². The number of anilines is 1. The van der Waals surface area contributed by atoms with Crippen LogP contribution in [0.25, 0.3) is 0 Å². The minimum absolute atomic E-state index is 0.00357. The number of benzene rings is 2. The van der Waals surface area contributed by atoms with Crippen molar-refractivity contribution < 1.29 is 14.3 Å². The molecule has 0 radical (unpaired) electrons. The monoisotopic (exact) mass is 325 g/mol. The van der Waals surface area contributed by atoms with Crippen LogP contribution in [0.5, 0.6) is 5.75 Å². The smallest absolute Gasteiger partial charge is 0.262 e. The van der Waals surface area contributed by atoms with Crippen LogP contribution in [0.1, 0.15) is 40.4 Å². The molecule has 0 aliphatic carbocycles. The Morgan fingerprint density at radius 3 is 2.33 bits per heavy atom. The molecule has 0 unspecified atom stereocenters. The Balaban J connectivity index is 2.08. The molecule has 0 atom stereocenters. The van der Waals surface area contributed by atoms with E-state index in [1.54, 1.807) is 12.1 Å². The van der Waals surface area contributed by atoms with Gasteiger partial charge < -0.3 is 10.1 Å². The molecule has 0 spiro atoms. The number of hydrogen-bond donors (Lipinski definition) is 1. The van der Waals surface area contributed by atoms with Crippen LogP contribution < -0.4 is 10.1 Å².